The number of fused-ring (bicyclic) bond motifs is 1. The number of rotatable bonds is 7. The molecular weight excluding hydrogens is 549 g/mol. The van der Waals surface area contributed by atoms with Gasteiger partial charge in [-0.05, 0) is 81.3 Å². The van der Waals surface area contributed by atoms with Gasteiger partial charge in [0.2, 0.25) is 5.78 Å². The van der Waals surface area contributed by atoms with Gasteiger partial charge in [0.15, 0.2) is 6.73 Å². The van der Waals surface area contributed by atoms with Crippen molar-refractivity contribution in [3.05, 3.63) is 63.9 Å². The molecule has 2 aromatic carbocycles. The fraction of sp³-hybridized carbons (Fsp3) is 0.484. The summed E-state index contributed by atoms with van der Waals surface area (Å²) < 4.78 is 18.7. The van der Waals surface area contributed by atoms with Crippen LogP contribution in [0.5, 0.6) is 0 Å². The second-order valence-electron chi connectivity index (χ2n) is 12.1. The molecule has 0 bridgehead atoms. The lowest BCUT2D eigenvalue weighted by Crippen LogP contribution is -2.39. The molecule has 2 heterocycles. The highest BCUT2D eigenvalue weighted by molar-refractivity contribution is 6.39. The number of benzene rings is 2. The van der Waals surface area contributed by atoms with E-state index in [0.717, 1.165) is 24.8 Å². The second-order valence-corrected chi connectivity index (χ2v) is 12.5. The maximum Gasteiger partial charge on any atom is 0.312 e. The van der Waals surface area contributed by atoms with E-state index in [1.54, 1.807) is 54.8 Å². The molecule has 10 heteroatoms. The highest BCUT2D eigenvalue weighted by Crippen LogP contribution is 2.41. The first-order valence-corrected chi connectivity index (χ1v) is 14.2. The summed E-state index contributed by atoms with van der Waals surface area (Å²) in [6.45, 7) is 6.34. The molecule has 1 saturated heterocycles. The summed E-state index contributed by atoms with van der Waals surface area (Å²) in [6, 6.07) is 9.74. The van der Waals surface area contributed by atoms with Gasteiger partial charge in [-0.3, -0.25) is 19.2 Å². The maximum absolute atomic E-state index is 13.6. The predicted molar refractivity (Wildman–Crippen MR) is 154 cm³/mol. The van der Waals surface area contributed by atoms with Crippen LogP contribution in [-0.2, 0) is 25.5 Å². The minimum Gasteiger partial charge on any atom is -0.444 e. The zero-order chi connectivity index (χ0) is 30.1. The van der Waals surface area contributed by atoms with Gasteiger partial charge in [-0.2, -0.15) is 0 Å². The Balaban J connectivity index is 1.53. The average Bonchev–Trinajstić information content (AvgIpc) is 3.28. The number of halogens is 2. The van der Waals surface area contributed by atoms with E-state index in [0.29, 0.717) is 30.3 Å². The number of ketones is 1. The minimum atomic E-state index is -0.835. The monoisotopic (exact) mass is 585 g/mol. The van der Waals surface area contributed by atoms with E-state index in [2.05, 4.69) is 0 Å². The zero-order valence-corrected chi connectivity index (χ0v) is 25.0. The molecule has 0 aromatic heterocycles. The van der Waals surface area contributed by atoms with Crippen molar-refractivity contribution in [1.29, 1.82) is 0 Å². The van der Waals surface area contributed by atoms with Crippen molar-refractivity contribution in [2.45, 2.75) is 46.0 Å². The molecule has 220 valence electrons. The molecule has 8 nitrogen and oxygen atoms in total. The number of anilines is 1. The van der Waals surface area contributed by atoms with Crippen molar-refractivity contribution in [2.75, 3.05) is 45.4 Å². The molecule has 41 heavy (non-hydrogen) atoms. The molecular formula is C31H37ClFN3O5. The van der Waals surface area contributed by atoms with E-state index >= 15 is 0 Å². The number of ether oxygens (including phenoxy) is 1. The van der Waals surface area contributed by atoms with E-state index < -0.39 is 29.0 Å². The van der Waals surface area contributed by atoms with Crippen LogP contribution in [0.15, 0.2) is 36.4 Å². The van der Waals surface area contributed by atoms with Gasteiger partial charge in [-0.1, -0.05) is 23.7 Å². The summed E-state index contributed by atoms with van der Waals surface area (Å²) in [5.41, 5.74) is 1.69. The topological polar surface area (TPSA) is 87.2 Å². The number of carbonyl (C=O) groups is 4. The molecule has 0 aliphatic carbocycles. The Labute approximate surface area is 245 Å². The SMILES string of the molecule is CN(C)C(=O)C(=O)C1CN(COC(=O)C(C)(C)C)c2cc(Cl)c(C(=O)N3CCC(Cc4ccc(F)cc4)CC3)cc21. The Hall–Kier alpha value is -3.46. The van der Waals surface area contributed by atoms with Gasteiger partial charge in [0, 0.05) is 39.4 Å². The first-order valence-electron chi connectivity index (χ1n) is 13.8. The number of hydrogen-bond donors (Lipinski definition) is 0. The molecule has 0 N–H and O–H groups in total. The summed E-state index contributed by atoms with van der Waals surface area (Å²) >= 11 is 6.64. The lowest BCUT2D eigenvalue weighted by molar-refractivity contribution is -0.152. The predicted octanol–water partition coefficient (Wildman–Crippen LogP) is 4.68. The Bertz CT molecular complexity index is 1330. The fourth-order valence-electron chi connectivity index (χ4n) is 5.25. The second kappa shape index (κ2) is 12.2. The van der Waals surface area contributed by atoms with Gasteiger partial charge in [0.25, 0.3) is 11.8 Å². The molecule has 0 saturated carbocycles. The third-order valence-corrected chi connectivity index (χ3v) is 8.02. The van der Waals surface area contributed by atoms with Crippen LogP contribution < -0.4 is 4.90 Å². The van der Waals surface area contributed by atoms with Crippen LogP contribution in [0.1, 0.15) is 61.0 Å². The number of carbonyl (C=O) groups excluding carboxylic acids is 4. The van der Waals surface area contributed by atoms with Crippen molar-refractivity contribution >= 4 is 40.9 Å². The fourth-order valence-corrected chi connectivity index (χ4v) is 5.49. The van der Waals surface area contributed by atoms with Crippen molar-refractivity contribution in [3.8, 4) is 0 Å². The van der Waals surface area contributed by atoms with E-state index in [1.165, 1.54) is 31.1 Å². The number of nitrogens with zero attached hydrogens (tertiary/aromatic N) is 3. The number of piperidine rings is 1. The molecule has 1 unspecified atom stereocenters. The van der Waals surface area contributed by atoms with Gasteiger partial charge in [0.1, 0.15) is 5.82 Å². The summed E-state index contributed by atoms with van der Waals surface area (Å²) in [5, 5.41) is 0.223. The van der Waals surface area contributed by atoms with Gasteiger partial charge >= 0.3 is 5.97 Å². The number of hydrogen-bond acceptors (Lipinski definition) is 6. The quantitative estimate of drug-likeness (QED) is 0.346. The van der Waals surface area contributed by atoms with Gasteiger partial charge in [-0.15, -0.1) is 0 Å². The Morgan fingerprint density at radius 3 is 2.27 bits per heavy atom. The van der Waals surface area contributed by atoms with E-state index in [9.17, 15) is 23.6 Å². The van der Waals surface area contributed by atoms with Crippen molar-refractivity contribution in [3.63, 3.8) is 0 Å². The first kappa shape index (κ1) is 30.5. The molecule has 2 amide bonds. The Kier molecular flexibility index (Phi) is 9.07. The van der Waals surface area contributed by atoms with Crippen LogP contribution in [-0.4, -0.2) is 73.8 Å². The van der Waals surface area contributed by atoms with Crippen LogP contribution >= 0.6 is 11.6 Å². The van der Waals surface area contributed by atoms with E-state index in [1.807, 2.05) is 0 Å². The van der Waals surface area contributed by atoms with E-state index in [4.69, 9.17) is 16.3 Å². The third kappa shape index (κ3) is 6.89. The number of esters is 1. The van der Waals surface area contributed by atoms with Gasteiger partial charge in [0.05, 0.1) is 21.9 Å². The van der Waals surface area contributed by atoms with Crippen LogP contribution in [0.25, 0.3) is 0 Å². The van der Waals surface area contributed by atoms with Crippen LogP contribution in [0.3, 0.4) is 0 Å². The van der Waals surface area contributed by atoms with Crippen molar-refractivity contribution in [1.82, 2.24) is 9.80 Å². The smallest absolute Gasteiger partial charge is 0.312 e. The van der Waals surface area contributed by atoms with Crippen molar-refractivity contribution < 1.29 is 28.3 Å². The Morgan fingerprint density at radius 2 is 1.68 bits per heavy atom. The zero-order valence-electron chi connectivity index (χ0n) is 24.2. The largest absolute Gasteiger partial charge is 0.444 e. The Morgan fingerprint density at radius 1 is 1.05 bits per heavy atom. The number of likely N-dealkylation sites (tertiary alicyclic amines) is 1. The lowest BCUT2D eigenvalue weighted by Gasteiger charge is -2.32. The van der Waals surface area contributed by atoms with Crippen LogP contribution in [0, 0.1) is 17.2 Å². The molecule has 2 aliphatic heterocycles. The summed E-state index contributed by atoms with van der Waals surface area (Å²) in [5.74, 6) is -2.62. The van der Waals surface area contributed by atoms with Gasteiger partial charge < -0.3 is 19.4 Å². The van der Waals surface area contributed by atoms with Crippen LogP contribution in [0.4, 0.5) is 10.1 Å². The highest BCUT2D eigenvalue weighted by Gasteiger charge is 2.39. The molecule has 1 atom stereocenters. The standard InChI is InChI=1S/C31H37ClFN3O5/c1-31(2,3)30(40)41-18-36-17-24(27(37)29(39)34(4)5)22-15-23(25(32)16-26(22)36)28(38)35-12-10-20(11-13-35)14-19-6-8-21(33)9-7-19/h6-9,15-16,20,24H,10-14,17-18H2,1-5H3. The average molecular weight is 586 g/mol. The summed E-state index contributed by atoms with van der Waals surface area (Å²) in [7, 11) is 3.02. The maximum atomic E-state index is 13.6. The van der Waals surface area contributed by atoms with Crippen LogP contribution in [0.2, 0.25) is 5.02 Å². The van der Waals surface area contributed by atoms with E-state index in [-0.39, 0.29) is 35.6 Å². The summed E-state index contributed by atoms with van der Waals surface area (Å²) in [6.07, 6.45) is 2.43. The number of likely N-dealkylation sites (N-methyl/N-ethyl adjacent to an activating group) is 1. The van der Waals surface area contributed by atoms with Crippen molar-refractivity contribution in [2.24, 2.45) is 11.3 Å². The van der Waals surface area contributed by atoms with Gasteiger partial charge in [-0.25, -0.2) is 4.39 Å². The number of amides is 2. The third-order valence-electron chi connectivity index (χ3n) is 7.70. The lowest BCUT2D eigenvalue weighted by atomic mass is 9.89. The highest BCUT2D eigenvalue weighted by atomic mass is 35.5. The molecule has 0 spiro atoms. The number of Topliss-reactive ketones (excluding diaryl/α,β-unsaturated/α-hetero) is 1. The minimum absolute atomic E-state index is 0.117. The molecule has 2 aliphatic rings. The summed E-state index contributed by atoms with van der Waals surface area (Å²) in [4.78, 5) is 56.5. The molecule has 0 radical (unpaired) electrons. The molecule has 2 aromatic rings. The first-order chi connectivity index (χ1) is 19.3. The molecule has 1 fully saturated rings. The molecule has 4 rings (SSSR count). The normalized spacial score (nSPS) is 17.3.